The van der Waals surface area contributed by atoms with E-state index >= 15 is 0 Å². The Balaban J connectivity index is 1.11. The van der Waals surface area contributed by atoms with Crippen molar-refractivity contribution in [1.29, 1.82) is 0 Å². The van der Waals surface area contributed by atoms with Gasteiger partial charge in [-0.1, -0.05) is 6.07 Å². The van der Waals surface area contributed by atoms with Crippen molar-refractivity contribution in [3.63, 3.8) is 0 Å². The minimum Gasteiger partial charge on any atom is -0.491 e. The molecule has 0 aliphatic carbocycles. The van der Waals surface area contributed by atoms with Crippen molar-refractivity contribution in [3.8, 4) is 28.7 Å². The van der Waals surface area contributed by atoms with Gasteiger partial charge in [0.1, 0.15) is 30.2 Å². The fraction of sp³-hybridized carbons (Fsp3) is 0.607. The molecule has 3 aliphatic heterocycles. The standard InChI is InChI=1S/C28H38N6O3/c1-20(2)34-28(29-19-30-34)24-18-33-13-16-35-25-17-22(6-7-23(25)27(33)31-24)21-8-10-32(11-9-21)12-15-37-26-5-3-4-14-36-26/h6-7,17-21,26H,3-5,8-16H2,1-2H3. The molecule has 9 nitrogen and oxygen atoms in total. The second-order valence-corrected chi connectivity index (χ2v) is 10.7. The molecule has 0 amide bonds. The Bertz CT molecular complexity index is 1190. The predicted octanol–water partition coefficient (Wildman–Crippen LogP) is 4.50. The number of imidazole rings is 1. The van der Waals surface area contributed by atoms with Crippen molar-refractivity contribution in [2.45, 2.75) is 70.7 Å². The van der Waals surface area contributed by atoms with Gasteiger partial charge in [0, 0.05) is 25.4 Å². The summed E-state index contributed by atoms with van der Waals surface area (Å²) in [7, 11) is 0. The number of hydrogen-bond acceptors (Lipinski definition) is 7. The zero-order valence-corrected chi connectivity index (χ0v) is 22.0. The summed E-state index contributed by atoms with van der Waals surface area (Å²) in [4.78, 5) is 12.0. The Morgan fingerprint density at radius 2 is 1.95 bits per heavy atom. The average molecular weight is 507 g/mol. The molecule has 2 saturated heterocycles. The lowest BCUT2D eigenvalue weighted by atomic mass is 9.88. The summed E-state index contributed by atoms with van der Waals surface area (Å²) in [6.07, 6.45) is 9.40. The normalized spacial score (nSPS) is 20.9. The lowest BCUT2D eigenvalue weighted by molar-refractivity contribution is -0.164. The number of fused-ring (bicyclic) bond motifs is 3. The summed E-state index contributed by atoms with van der Waals surface area (Å²) in [5.41, 5.74) is 3.26. The molecule has 0 spiro atoms. The second-order valence-electron chi connectivity index (χ2n) is 10.7. The lowest BCUT2D eigenvalue weighted by Crippen LogP contribution is -2.36. The molecule has 198 valence electrons. The minimum atomic E-state index is 0.00571. The number of piperidine rings is 1. The van der Waals surface area contributed by atoms with Gasteiger partial charge in [0.05, 0.1) is 18.7 Å². The Morgan fingerprint density at radius 3 is 2.76 bits per heavy atom. The average Bonchev–Trinajstić information content (AvgIpc) is 3.54. The van der Waals surface area contributed by atoms with E-state index in [9.17, 15) is 0 Å². The van der Waals surface area contributed by atoms with E-state index in [1.54, 1.807) is 6.33 Å². The van der Waals surface area contributed by atoms with Gasteiger partial charge in [-0.15, -0.1) is 0 Å². The topological polar surface area (TPSA) is 79.5 Å². The SMILES string of the molecule is CC(C)n1ncnc1-c1cn2c(n1)-c1ccc(C3CCN(CCOC4CCCCO4)CC3)cc1OCC2. The van der Waals surface area contributed by atoms with Gasteiger partial charge in [-0.25, -0.2) is 14.6 Å². The number of nitrogens with zero attached hydrogens (tertiary/aromatic N) is 6. The quantitative estimate of drug-likeness (QED) is 0.467. The molecule has 0 bridgehead atoms. The highest BCUT2D eigenvalue weighted by Gasteiger charge is 2.25. The van der Waals surface area contributed by atoms with E-state index in [0.717, 1.165) is 93.7 Å². The van der Waals surface area contributed by atoms with E-state index in [4.69, 9.17) is 19.2 Å². The van der Waals surface area contributed by atoms with Gasteiger partial charge in [0.15, 0.2) is 12.1 Å². The second kappa shape index (κ2) is 10.9. The van der Waals surface area contributed by atoms with Crippen molar-refractivity contribution >= 4 is 0 Å². The number of rotatable bonds is 7. The third kappa shape index (κ3) is 5.30. The monoisotopic (exact) mass is 506 g/mol. The first-order valence-corrected chi connectivity index (χ1v) is 13.9. The molecule has 1 atom stereocenters. The van der Waals surface area contributed by atoms with Crippen LogP contribution in [0.4, 0.5) is 0 Å². The van der Waals surface area contributed by atoms with Gasteiger partial charge in [-0.2, -0.15) is 5.10 Å². The van der Waals surface area contributed by atoms with Crippen molar-refractivity contribution < 1.29 is 14.2 Å². The molecule has 2 aromatic heterocycles. The van der Waals surface area contributed by atoms with Gasteiger partial charge >= 0.3 is 0 Å². The molecule has 0 radical (unpaired) electrons. The van der Waals surface area contributed by atoms with Crippen molar-refractivity contribution in [3.05, 3.63) is 36.3 Å². The van der Waals surface area contributed by atoms with E-state index in [1.807, 2.05) is 4.68 Å². The van der Waals surface area contributed by atoms with E-state index < -0.39 is 0 Å². The fourth-order valence-electron chi connectivity index (χ4n) is 5.72. The summed E-state index contributed by atoms with van der Waals surface area (Å²) in [5, 5.41) is 4.38. The first kappa shape index (κ1) is 24.6. The van der Waals surface area contributed by atoms with Crippen LogP contribution in [-0.2, 0) is 16.0 Å². The van der Waals surface area contributed by atoms with Crippen LogP contribution in [0.3, 0.4) is 0 Å². The van der Waals surface area contributed by atoms with Crippen LogP contribution in [-0.4, -0.2) is 75.0 Å². The third-order valence-electron chi connectivity index (χ3n) is 7.81. The van der Waals surface area contributed by atoms with Crippen molar-refractivity contribution in [2.75, 3.05) is 39.5 Å². The first-order chi connectivity index (χ1) is 18.2. The molecule has 1 aromatic carbocycles. The highest BCUT2D eigenvalue weighted by atomic mass is 16.7. The lowest BCUT2D eigenvalue weighted by Gasteiger charge is -2.33. The van der Waals surface area contributed by atoms with Crippen LogP contribution in [0, 0.1) is 0 Å². The minimum absolute atomic E-state index is 0.00571. The molecule has 9 heteroatoms. The first-order valence-electron chi connectivity index (χ1n) is 13.9. The molecule has 3 aliphatic rings. The molecule has 5 heterocycles. The Kier molecular flexibility index (Phi) is 7.26. The summed E-state index contributed by atoms with van der Waals surface area (Å²) >= 11 is 0. The maximum atomic E-state index is 6.21. The van der Waals surface area contributed by atoms with Crippen molar-refractivity contribution in [2.24, 2.45) is 0 Å². The van der Waals surface area contributed by atoms with Crippen LogP contribution < -0.4 is 4.74 Å². The van der Waals surface area contributed by atoms with Crippen molar-refractivity contribution in [1.82, 2.24) is 29.2 Å². The molecule has 3 aromatic rings. The van der Waals surface area contributed by atoms with Crippen LogP contribution in [0.2, 0.25) is 0 Å². The fourth-order valence-corrected chi connectivity index (χ4v) is 5.72. The molecule has 0 N–H and O–H groups in total. The molecule has 1 unspecified atom stereocenters. The van der Waals surface area contributed by atoms with E-state index in [1.165, 1.54) is 12.0 Å². The zero-order valence-electron chi connectivity index (χ0n) is 22.0. The van der Waals surface area contributed by atoms with Crippen LogP contribution >= 0.6 is 0 Å². The van der Waals surface area contributed by atoms with Gasteiger partial charge in [-0.05, 0) is 82.7 Å². The largest absolute Gasteiger partial charge is 0.491 e. The Hall–Kier alpha value is -2.75. The maximum absolute atomic E-state index is 6.21. The number of likely N-dealkylation sites (tertiary alicyclic amines) is 1. The predicted molar refractivity (Wildman–Crippen MR) is 141 cm³/mol. The van der Waals surface area contributed by atoms with Gasteiger partial charge < -0.3 is 23.7 Å². The molecule has 6 rings (SSSR count). The highest BCUT2D eigenvalue weighted by Crippen LogP contribution is 2.38. The number of aromatic nitrogens is 5. The van der Waals surface area contributed by atoms with E-state index in [0.29, 0.717) is 12.5 Å². The van der Waals surface area contributed by atoms with E-state index in [-0.39, 0.29) is 12.3 Å². The molecular weight excluding hydrogens is 468 g/mol. The Labute approximate surface area is 218 Å². The summed E-state index contributed by atoms with van der Waals surface area (Å²) in [6, 6.07) is 6.94. The molecule has 2 fully saturated rings. The van der Waals surface area contributed by atoms with Gasteiger partial charge in [-0.3, -0.25) is 0 Å². The smallest absolute Gasteiger partial charge is 0.178 e. The van der Waals surface area contributed by atoms with Crippen LogP contribution in [0.25, 0.3) is 22.9 Å². The summed E-state index contributed by atoms with van der Waals surface area (Å²) in [5.74, 6) is 3.22. The molecular formula is C28H38N6O3. The maximum Gasteiger partial charge on any atom is 0.178 e. The molecule has 37 heavy (non-hydrogen) atoms. The Morgan fingerprint density at radius 1 is 1.05 bits per heavy atom. The van der Waals surface area contributed by atoms with Gasteiger partial charge in [0.2, 0.25) is 0 Å². The molecule has 0 saturated carbocycles. The number of ether oxygens (including phenoxy) is 3. The van der Waals surface area contributed by atoms with Crippen LogP contribution in [0.5, 0.6) is 5.75 Å². The number of hydrogen-bond donors (Lipinski definition) is 0. The summed E-state index contributed by atoms with van der Waals surface area (Å²) in [6.45, 7) is 10.4. The van der Waals surface area contributed by atoms with Gasteiger partial charge in [0.25, 0.3) is 0 Å². The third-order valence-corrected chi connectivity index (χ3v) is 7.81. The highest BCUT2D eigenvalue weighted by molar-refractivity contribution is 5.69. The van der Waals surface area contributed by atoms with Crippen LogP contribution in [0.15, 0.2) is 30.7 Å². The van der Waals surface area contributed by atoms with Crippen LogP contribution in [0.1, 0.15) is 63.5 Å². The number of benzene rings is 1. The zero-order chi connectivity index (χ0) is 25.2. The summed E-state index contributed by atoms with van der Waals surface area (Å²) < 4.78 is 21.9. The van der Waals surface area contributed by atoms with E-state index in [2.05, 4.69) is 57.8 Å².